The maximum absolute atomic E-state index is 11.6. The topological polar surface area (TPSA) is 77.8 Å². The van der Waals surface area contributed by atoms with Gasteiger partial charge in [-0.25, -0.2) is 9.59 Å². The van der Waals surface area contributed by atoms with E-state index in [1.54, 1.807) is 4.90 Å². The van der Waals surface area contributed by atoms with Crippen molar-refractivity contribution in [1.82, 2.24) is 0 Å². The van der Waals surface area contributed by atoms with Crippen LogP contribution in [0.1, 0.15) is 34.6 Å². The molecule has 0 spiro atoms. The van der Waals surface area contributed by atoms with Crippen molar-refractivity contribution in [3.05, 3.63) is 59.7 Å². The van der Waals surface area contributed by atoms with Crippen LogP contribution in [0, 0.1) is 5.92 Å². The summed E-state index contributed by atoms with van der Waals surface area (Å²) in [6.45, 7) is 4.51. The minimum atomic E-state index is -1.15. The molecule has 2 N–H and O–H groups in total. The summed E-state index contributed by atoms with van der Waals surface area (Å²) in [5.41, 5.74) is 0.939. The van der Waals surface area contributed by atoms with E-state index in [4.69, 9.17) is 0 Å². The second kappa shape index (κ2) is 6.96. The van der Waals surface area contributed by atoms with E-state index in [9.17, 15) is 19.8 Å². The predicted octanol–water partition coefficient (Wildman–Crippen LogP) is 3.88. The van der Waals surface area contributed by atoms with Gasteiger partial charge in [-0.3, -0.25) is 0 Å². The van der Waals surface area contributed by atoms with E-state index >= 15 is 0 Å². The van der Waals surface area contributed by atoms with Crippen LogP contribution in [0.15, 0.2) is 48.5 Å². The SMILES string of the molecule is CC(C)CN(c1ccccc1)c1c(C(=O)O)cccc1C(=O)O. The molecule has 0 amide bonds. The Morgan fingerprint density at radius 3 is 1.87 bits per heavy atom. The Bertz CT molecular complexity index is 678. The number of benzene rings is 2. The molecule has 0 aromatic heterocycles. The summed E-state index contributed by atoms with van der Waals surface area (Å²) in [4.78, 5) is 25.0. The first-order valence-electron chi connectivity index (χ1n) is 7.34. The molecule has 2 aromatic carbocycles. The summed E-state index contributed by atoms with van der Waals surface area (Å²) in [6, 6.07) is 13.5. The van der Waals surface area contributed by atoms with Crippen LogP contribution in [0.25, 0.3) is 0 Å². The molecule has 120 valence electrons. The lowest BCUT2D eigenvalue weighted by atomic mass is 10.0. The van der Waals surface area contributed by atoms with E-state index in [1.807, 2.05) is 44.2 Å². The molecular weight excluding hydrogens is 294 g/mol. The molecule has 0 saturated carbocycles. The molecule has 0 aliphatic carbocycles. The van der Waals surface area contributed by atoms with Crippen molar-refractivity contribution < 1.29 is 19.8 Å². The van der Waals surface area contributed by atoms with Crippen LogP contribution in [-0.4, -0.2) is 28.7 Å². The summed E-state index contributed by atoms with van der Waals surface area (Å²) < 4.78 is 0. The molecule has 2 aromatic rings. The highest BCUT2D eigenvalue weighted by molar-refractivity contribution is 6.04. The lowest BCUT2D eigenvalue weighted by Gasteiger charge is -2.29. The largest absolute Gasteiger partial charge is 0.478 e. The lowest BCUT2D eigenvalue weighted by molar-refractivity contribution is 0.0696. The van der Waals surface area contributed by atoms with Gasteiger partial charge in [0.1, 0.15) is 0 Å². The van der Waals surface area contributed by atoms with E-state index in [1.165, 1.54) is 18.2 Å². The number of hydrogen-bond donors (Lipinski definition) is 2. The Morgan fingerprint density at radius 1 is 0.913 bits per heavy atom. The first kappa shape index (κ1) is 16.5. The molecule has 0 atom stereocenters. The number of para-hydroxylation sites is 2. The first-order valence-corrected chi connectivity index (χ1v) is 7.34. The van der Waals surface area contributed by atoms with Crippen molar-refractivity contribution in [3.8, 4) is 0 Å². The van der Waals surface area contributed by atoms with Crippen LogP contribution in [0.3, 0.4) is 0 Å². The monoisotopic (exact) mass is 313 g/mol. The van der Waals surface area contributed by atoms with Gasteiger partial charge in [0.15, 0.2) is 0 Å². The summed E-state index contributed by atoms with van der Waals surface area (Å²) in [6.07, 6.45) is 0. The Labute approximate surface area is 134 Å². The Kier molecular flexibility index (Phi) is 5.01. The van der Waals surface area contributed by atoms with E-state index < -0.39 is 11.9 Å². The Balaban J connectivity index is 2.71. The van der Waals surface area contributed by atoms with Gasteiger partial charge in [0.2, 0.25) is 0 Å². The van der Waals surface area contributed by atoms with Crippen LogP contribution in [0.4, 0.5) is 11.4 Å². The smallest absolute Gasteiger partial charge is 0.337 e. The van der Waals surface area contributed by atoms with E-state index in [-0.39, 0.29) is 22.7 Å². The van der Waals surface area contributed by atoms with Crippen LogP contribution < -0.4 is 4.90 Å². The normalized spacial score (nSPS) is 10.6. The predicted molar refractivity (Wildman–Crippen MR) is 88.6 cm³/mol. The zero-order valence-corrected chi connectivity index (χ0v) is 13.1. The van der Waals surface area contributed by atoms with Gasteiger partial charge in [0.05, 0.1) is 16.8 Å². The molecular formula is C18H19NO4. The van der Waals surface area contributed by atoms with Gasteiger partial charge in [0, 0.05) is 12.2 Å². The molecule has 0 heterocycles. The van der Waals surface area contributed by atoms with Crippen molar-refractivity contribution in [1.29, 1.82) is 0 Å². The first-order chi connectivity index (χ1) is 10.9. The molecule has 0 radical (unpaired) electrons. The number of hydrogen-bond acceptors (Lipinski definition) is 3. The number of carboxylic acid groups (broad SMARTS) is 2. The number of rotatable bonds is 6. The number of carboxylic acids is 2. The fourth-order valence-corrected chi connectivity index (χ4v) is 2.48. The molecule has 2 rings (SSSR count). The van der Waals surface area contributed by atoms with Gasteiger partial charge < -0.3 is 15.1 Å². The van der Waals surface area contributed by atoms with Gasteiger partial charge in [-0.05, 0) is 30.2 Å². The van der Waals surface area contributed by atoms with Gasteiger partial charge in [-0.2, -0.15) is 0 Å². The second-order valence-corrected chi connectivity index (χ2v) is 5.65. The summed E-state index contributed by atoms with van der Waals surface area (Å²) >= 11 is 0. The van der Waals surface area contributed by atoms with Crippen molar-refractivity contribution in [2.45, 2.75) is 13.8 Å². The fourth-order valence-electron chi connectivity index (χ4n) is 2.48. The van der Waals surface area contributed by atoms with Crippen LogP contribution >= 0.6 is 0 Å². The third-order valence-corrected chi connectivity index (χ3v) is 3.38. The number of anilines is 2. The lowest BCUT2D eigenvalue weighted by Crippen LogP contribution is -2.26. The third-order valence-electron chi connectivity index (χ3n) is 3.38. The third kappa shape index (κ3) is 3.69. The Morgan fingerprint density at radius 2 is 1.43 bits per heavy atom. The highest BCUT2D eigenvalue weighted by Crippen LogP contribution is 2.33. The van der Waals surface area contributed by atoms with E-state index in [2.05, 4.69) is 0 Å². The molecule has 0 bridgehead atoms. The Hall–Kier alpha value is -2.82. The molecule has 5 heteroatoms. The maximum atomic E-state index is 11.6. The number of carbonyl (C=O) groups is 2. The van der Waals surface area contributed by atoms with E-state index in [0.29, 0.717) is 6.54 Å². The standard InChI is InChI=1S/C18H19NO4/c1-12(2)11-19(13-7-4-3-5-8-13)16-14(17(20)21)9-6-10-15(16)18(22)23/h3-10,12H,11H2,1-2H3,(H,20,21)(H,22,23). The van der Waals surface area contributed by atoms with Crippen molar-refractivity contribution in [2.75, 3.05) is 11.4 Å². The minimum Gasteiger partial charge on any atom is -0.478 e. The van der Waals surface area contributed by atoms with E-state index in [0.717, 1.165) is 5.69 Å². The molecule has 0 saturated heterocycles. The maximum Gasteiger partial charge on any atom is 0.337 e. The highest BCUT2D eigenvalue weighted by Gasteiger charge is 2.24. The molecule has 5 nitrogen and oxygen atoms in total. The van der Waals surface area contributed by atoms with Gasteiger partial charge in [0.25, 0.3) is 0 Å². The molecule has 0 unspecified atom stereocenters. The van der Waals surface area contributed by atoms with Crippen LogP contribution in [0.5, 0.6) is 0 Å². The molecule has 0 aliphatic rings. The van der Waals surface area contributed by atoms with Gasteiger partial charge >= 0.3 is 11.9 Å². The molecule has 23 heavy (non-hydrogen) atoms. The van der Waals surface area contributed by atoms with Crippen molar-refractivity contribution in [2.24, 2.45) is 5.92 Å². The fraction of sp³-hybridized carbons (Fsp3) is 0.222. The summed E-state index contributed by atoms with van der Waals surface area (Å²) in [5, 5.41) is 19.0. The van der Waals surface area contributed by atoms with Crippen molar-refractivity contribution in [3.63, 3.8) is 0 Å². The minimum absolute atomic E-state index is 0.0191. The number of aromatic carboxylic acids is 2. The molecule has 0 aliphatic heterocycles. The summed E-state index contributed by atoms with van der Waals surface area (Å²) in [5.74, 6) is -2.07. The van der Waals surface area contributed by atoms with Crippen molar-refractivity contribution >= 4 is 23.3 Å². The average molecular weight is 313 g/mol. The zero-order valence-electron chi connectivity index (χ0n) is 13.1. The van der Waals surface area contributed by atoms with Gasteiger partial charge in [-0.15, -0.1) is 0 Å². The highest BCUT2D eigenvalue weighted by atomic mass is 16.4. The number of nitrogens with zero attached hydrogens (tertiary/aromatic N) is 1. The van der Waals surface area contributed by atoms with Gasteiger partial charge in [-0.1, -0.05) is 38.1 Å². The van der Waals surface area contributed by atoms with Crippen LogP contribution in [-0.2, 0) is 0 Å². The zero-order chi connectivity index (χ0) is 17.0. The second-order valence-electron chi connectivity index (χ2n) is 5.65. The average Bonchev–Trinajstić information content (AvgIpc) is 2.52. The molecule has 0 fully saturated rings. The quantitative estimate of drug-likeness (QED) is 0.846. The summed E-state index contributed by atoms with van der Waals surface area (Å²) in [7, 11) is 0. The van der Waals surface area contributed by atoms with Crippen LogP contribution in [0.2, 0.25) is 0 Å².